The first-order valence-corrected chi connectivity index (χ1v) is 9.41. The van der Waals surface area contributed by atoms with Gasteiger partial charge in [0.1, 0.15) is 0 Å². The number of methoxy groups -OCH3 is 2. The molecule has 0 unspecified atom stereocenters. The highest BCUT2D eigenvalue weighted by molar-refractivity contribution is 5.95. The lowest BCUT2D eigenvalue weighted by molar-refractivity contribution is -0.117. The van der Waals surface area contributed by atoms with Gasteiger partial charge in [0.25, 0.3) is 0 Å². The SMILES string of the molecule is COc1cc2c(cc1OC)CN(CC(=O)Nc1ccc3ccccc3c1)CC2. The van der Waals surface area contributed by atoms with E-state index >= 15 is 0 Å². The van der Waals surface area contributed by atoms with Gasteiger partial charge in [-0.1, -0.05) is 30.3 Å². The normalized spacial score (nSPS) is 13.8. The Bertz CT molecular complexity index is 1020. The molecule has 0 bridgehead atoms. The first kappa shape index (κ1) is 18.3. The van der Waals surface area contributed by atoms with Crippen LogP contribution in [0.2, 0.25) is 0 Å². The molecule has 0 fully saturated rings. The average molecular weight is 376 g/mol. The highest BCUT2D eigenvalue weighted by atomic mass is 16.5. The number of hydrogen-bond donors (Lipinski definition) is 1. The molecule has 5 nitrogen and oxygen atoms in total. The number of rotatable bonds is 5. The number of amides is 1. The molecule has 1 heterocycles. The van der Waals surface area contributed by atoms with E-state index in [2.05, 4.69) is 16.3 Å². The molecule has 0 aromatic heterocycles. The summed E-state index contributed by atoms with van der Waals surface area (Å²) < 4.78 is 10.8. The quantitative estimate of drug-likeness (QED) is 0.735. The molecule has 0 saturated carbocycles. The monoisotopic (exact) mass is 376 g/mol. The second-order valence-electron chi connectivity index (χ2n) is 7.05. The zero-order valence-electron chi connectivity index (χ0n) is 16.2. The van der Waals surface area contributed by atoms with Gasteiger partial charge in [0.15, 0.2) is 11.5 Å². The van der Waals surface area contributed by atoms with Crippen LogP contribution in [0.15, 0.2) is 54.6 Å². The molecule has 0 atom stereocenters. The van der Waals surface area contributed by atoms with Gasteiger partial charge in [-0.05, 0) is 52.6 Å². The Morgan fingerprint density at radius 1 is 0.964 bits per heavy atom. The summed E-state index contributed by atoms with van der Waals surface area (Å²) in [5, 5.41) is 5.30. The van der Waals surface area contributed by atoms with Gasteiger partial charge in [0, 0.05) is 18.8 Å². The predicted molar refractivity (Wildman–Crippen MR) is 111 cm³/mol. The highest BCUT2D eigenvalue weighted by Gasteiger charge is 2.21. The molecule has 1 aliphatic rings. The maximum absolute atomic E-state index is 12.6. The summed E-state index contributed by atoms with van der Waals surface area (Å²) in [6.07, 6.45) is 0.888. The van der Waals surface area contributed by atoms with Crippen molar-refractivity contribution in [3.05, 3.63) is 65.7 Å². The fourth-order valence-electron chi connectivity index (χ4n) is 3.75. The molecular formula is C23H24N2O3. The second kappa shape index (κ2) is 7.90. The van der Waals surface area contributed by atoms with E-state index in [1.807, 2.05) is 48.5 Å². The number of nitrogens with zero attached hydrogens (tertiary/aromatic N) is 1. The summed E-state index contributed by atoms with van der Waals surface area (Å²) in [6.45, 7) is 1.93. The minimum atomic E-state index is -0.000734. The molecule has 0 saturated heterocycles. The average Bonchev–Trinajstić information content (AvgIpc) is 2.72. The molecule has 4 rings (SSSR count). The zero-order valence-corrected chi connectivity index (χ0v) is 16.2. The molecule has 0 radical (unpaired) electrons. The Morgan fingerprint density at radius 2 is 1.68 bits per heavy atom. The molecule has 3 aromatic carbocycles. The van der Waals surface area contributed by atoms with Crippen molar-refractivity contribution in [3.63, 3.8) is 0 Å². The zero-order chi connectivity index (χ0) is 19.5. The third-order valence-electron chi connectivity index (χ3n) is 5.20. The fourth-order valence-corrected chi connectivity index (χ4v) is 3.75. The van der Waals surface area contributed by atoms with Gasteiger partial charge in [-0.2, -0.15) is 0 Å². The molecule has 1 amide bonds. The van der Waals surface area contributed by atoms with E-state index in [4.69, 9.17) is 9.47 Å². The minimum absolute atomic E-state index is 0.000734. The van der Waals surface area contributed by atoms with Crippen molar-refractivity contribution < 1.29 is 14.3 Å². The highest BCUT2D eigenvalue weighted by Crippen LogP contribution is 2.33. The van der Waals surface area contributed by atoms with Crippen molar-refractivity contribution in [1.29, 1.82) is 0 Å². The fraction of sp³-hybridized carbons (Fsp3) is 0.261. The van der Waals surface area contributed by atoms with Crippen LogP contribution in [0.1, 0.15) is 11.1 Å². The van der Waals surface area contributed by atoms with E-state index in [-0.39, 0.29) is 5.91 Å². The third kappa shape index (κ3) is 3.80. The Labute approximate surface area is 164 Å². The van der Waals surface area contributed by atoms with Crippen LogP contribution in [0.4, 0.5) is 5.69 Å². The summed E-state index contributed by atoms with van der Waals surface area (Å²) >= 11 is 0. The van der Waals surface area contributed by atoms with Crippen LogP contribution in [0, 0.1) is 0 Å². The molecule has 144 valence electrons. The van der Waals surface area contributed by atoms with Gasteiger partial charge < -0.3 is 14.8 Å². The van der Waals surface area contributed by atoms with Crippen molar-refractivity contribution in [2.24, 2.45) is 0 Å². The van der Waals surface area contributed by atoms with Gasteiger partial charge in [0.05, 0.1) is 20.8 Å². The number of hydrogen-bond acceptors (Lipinski definition) is 4. The van der Waals surface area contributed by atoms with Crippen LogP contribution in [-0.2, 0) is 17.8 Å². The molecule has 5 heteroatoms. The molecular weight excluding hydrogens is 352 g/mol. The summed E-state index contributed by atoms with van der Waals surface area (Å²) in [6, 6.07) is 18.2. The van der Waals surface area contributed by atoms with E-state index in [1.54, 1.807) is 14.2 Å². The van der Waals surface area contributed by atoms with E-state index in [0.29, 0.717) is 6.54 Å². The third-order valence-corrected chi connectivity index (χ3v) is 5.20. The molecule has 1 aliphatic heterocycles. The van der Waals surface area contributed by atoms with Crippen molar-refractivity contribution in [2.75, 3.05) is 32.6 Å². The van der Waals surface area contributed by atoms with E-state index < -0.39 is 0 Å². The predicted octanol–water partition coefficient (Wildman–Crippen LogP) is 3.85. The maximum atomic E-state index is 12.6. The van der Waals surface area contributed by atoms with Crippen LogP contribution >= 0.6 is 0 Å². The Kier molecular flexibility index (Phi) is 5.17. The lowest BCUT2D eigenvalue weighted by atomic mass is 9.99. The Balaban J connectivity index is 1.42. The van der Waals surface area contributed by atoms with Crippen LogP contribution in [0.3, 0.4) is 0 Å². The van der Waals surface area contributed by atoms with E-state index in [0.717, 1.165) is 47.5 Å². The summed E-state index contributed by atoms with van der Waals surface area (Å²) in [7, 11) is 3.29. The number of benzene rings is 3. The van der Waals surface area contributed by atoms with Crippen molar-refractivity contribution in [3.8, 4) is 11.5 Å². The van der Waals surface area contributed by atoms with Crippen molar-refractivity contribution in [2.45, 2.75) is 13.0 Å². The van der Waals surface area contributed by atoms with Gasteiger partial charge in [0.2, 0.25) is 5.91 Å². The molecule has 0 aliphatic carbocycles. The minimum Gasteiger partial charge on any atom is -0.493 e. The number of carbonyl (C=O) groups is 1. The Hall–Kier alpha value is -3.05. The van der Waals surface area contributed by atoms with Gasteiger partial charge >= 0.3 is 0 Å². The second-order valence-corrected chi connectivity index (χ2v) is 7.05. The Morgan fingerprint density at radius 3 is 2.43 bits per heavy atom. The number of carbonyl (C=O) groups excluding carboxylic acids is 1. The maximum Gasteiger partial charge on any atom is 0.238 e. The first-order valence-electron chi connectivity index (χ1n) is 9.41. The summed E-state index contributed by atoms with van der Waals surface area (Å²) in [5.74, 6) is 1.48. The summed E-state index contributed by atoms with van der Waals surface area (Å²) in [4.78, 5) is 14.7. The van der Waals surface area contributed by atoms with Crippen LogP contribution in [0.5, 0.6) is 11.5 Å². The molecule has 0 spiro atoms. The lowest BCUT2D eigenvalue weighted by Gasteiger charge is -2.29. The molecule has 28 heavy (non-hydrogen) atoms. The van der Waals surface area contributed by atoms with Crippen molar-refractivity contribution in [1.82, 2.24) is 4.90 Å². The van der Waals surface area contributed by atoms with E-state index in [1.165, 1.54) is 11.1 Å². The van der Waals surface area contributed by atoms with Crippen LogP contribution < -0.4 is 14.8 Å². The number of anilines is 1. The molecule has 3 aromatic rings. The first-order chi connectivity index (χ1) is 13.7. The number of ether oxygens (including phenoxy) is 2. The van der Waals surface area contributed by atoms with Crippen molar-refractivity contribution >= 4 is 22.4 Å². The smallest absolute Gasteiger partial charge is 0.238 e. The number of fused-ring (bicyclic) bond motifs is 2. The van der Waals surface area contributed by atoms with E-state index in [9.17, 15) is 4.79 Å². The number of nitrogens with one attached hydrogen (secondary N) is 1. The van der Waals surface area contributed by atoms with Crippen LogP contribution in [0.25, 0.3) is 10.8 Å². The topological polar surface area (TPSA) is 50.8 Å². The van der Waals surface area contributed by atoms with Gasteiger partial charge in [-0.15, -0.1) is 0 Å². The van der Waals surface area contributed by atoms with Gasteiger partial charge in [-0.25, -0.2) is 0 Å². The largest absolute Gasteiger partial charge is 0.493 e. The standard InChI is InChI=1S/C23H24N2O3/c1-27-21-12-18-9-10-25(14-19(18)13-22(21)28-2)15-23(26)24-20-8-7-16-5-3-4-6-17(16)11-20/h3-8,11-13H,9-10,14-15H2,1-2H3,(H,24,26). The lowest BCUT2D eigenvalue weighted by Crippen LogP contribution is -2.37. The summed E-state index contributed by atoms with van der Waals surface area (Å²) in [5.41, 5.74) is 3.26. The van der Waals surface area contributed by atoms with Crippen LogP contribution in [-0.4, -0.2) is 38.1 Å². The molecule has 1 N–H and O–H groups in total. The van der Waals surface area contributed by atoms with Gasteiger partial charge in [-0.3, -0.25) is 9.69 Å².